The number of rotatable bonds is 3. The first-order valence-corrected chi connectivity index (χ1v) is 9.48. The molecule has 2 fully saturated rings. The van der Waals surface area contributed by atoms with Gasteiger partial charge in [0.05, 0.1) is 23.7 Å². The topological polar surface area (TPSA) is 83.2 Å². The van der Waals surface area contributed by atoms with E-state index < -0.39 is 0 Å². The largest absolute Gasteiger partial charge is 0.390 e. The Morgan fingerprint density at radius 2 is 1.96 bits per heavy atom. The number of likely N-dealkylation sites (tertiary alicyclic amines) is 1. The molecule has 0 amide bonds. The van der Waals surface area contributed by atoms with Crippen LogP contribution in [0.3, 0.4) is 0 Å². The van der Waals surface area contributed by atoms with Crippen LogP contribution < -0.4 is 4.90 Å². The third kappa shape index (κ3) is 2.85. The molecule has 8 heteroatoms. The Morgan fingerprint density at radius 3 is 2.74 bits per heavy atom. The lowest BCUT2D eigenvalue weighted by Gasteiger charge is -2.25. The Bertz CT molecular complexity index is 951. The molecule has 5 heterocycles. The zero-order valence-corrected chi connectivity index (χ0v) is 15.4. The summed E-state index contributed by atoms with van der Waals surface area (Å²) >= 11 is 0. The molecule has 2 atom stereocenters. The van der Waals surface area contributed by atoms with E-state index in [0.29, 0.717) is 12.4 Å². The summed E-state index contributed by atoms with van der Waals surface area (Å²) in [5.74, 6) is 1.47. The second-order valence-corrected chi connectivity index (χ2v) is 7.40. The van der Waals surface area contributed by atoms with Crippen molar-refractivity contribution in [3.05, 3.63) is 30.7 Å². The summed E-state index contributed by atoms with van der Waals surface area (Å²) in [4.78, 5) is 18.3. The molecule has 140 valence electrons. The van der Waals surface area contributed by atoms with Gasteiger partial charge in [-0.1, -0.05) is 0 Å². The van der Waals surface area contributed by atoms with E-state index in [9.17, 15) is 5.11 Å². The quantitative estimate of drug-likeness (QED) is 0.743. The molecule has 2 saturated heterocycles. The molecule has 2 aliphatic heterocycles. The van der Waals surface area contributed by atoms with Crippen LogP contribution in [-0.2, 0) is 7.05 Å². The summed E-state index contributed by atoms with van der Waals surface area (Å²) in [7, 11) is 1.89. The standard InChI is InChI=1S/C19H23N7O/c1-24-18-14(10-21-24)19(23-17(22-18)13-5-4-6-20-9-13)26-11-15(16(27)12-26)25-7-2-3-8-25/h4-6,9-10,15-16,27H,2-3,7-8,11-12H2,1H3/t15-,16-/m0/s1. The van der Waals surface area contributed by atoms with Gasteiger partial charge in [0.2, 0.25) is 0 Å². The number of hydrogen-bond acceptors (Lipinski definition) is 7. The van der Waals surface area contributed by atoms with E-state index in [2.05, 4.69) is 19.9 Å². The molecule has 5 rings (SSSR count). The number of aliphatic hydroxyl groups excluding tert-OH is 1. The summed E-state index contributed by atoms with van der Waals surface area (Å²) in [6.45, 7) is 3.49. The van der Waals surface area contributed by atoms with Gasteiger partial charge in [-0.3, -0.25) is 14.6 Å². The van der Waals surface area contributed by atoms with Crippen molar-refractivity contribution < 1.29 is 5.11 Å². The first-order chi connectivity index (χ1) is 13.2. The Kier molecular flexibility index (Phi) is 4.02. The number of hydrogen-bond donors (Lipinski definition) is 1. The first-order valence-electron chi connectivity index (χ1n) is 9.48. The molecule has 0 bridgehead atoms. The number of anilines is 1. The van der Waals surface area contributed by atoms with Crippen LogP contribution in [0.4, 0.5) is 5.82 Å². The molecule has 3 aromatic rings. The average Bonchev–Trinajstić information content (AvgIpc) is 3.42. The minimum Gasteiger partial charge on any atom is -0.390 e. The van der Waals surface area contributed by atoms with Crippen molar-refractivity contribution in [3.8, 4) is 11.4 Å². The minimum atomic E-state index is -0.369. The minimum absolute atomic E-state index is 0.163. The molecule has 27 heavy (non-hydrogen) atoms. The zero-order chi connectivity index (χ0) is 18.4. The predicted octanol–water partition coefficient (Wildman–Crippen LogP) is 1.07. The van der Waals surface area contributed by atoms with Crippen molar-refractivity contribution in [2.75, 3.05) is 31.1 Å². The molecular formula is C19H23N7O. The molecule has 0 radical (unpaired) electrons. The Morgan fingerprint density at radius 1 is 1.11 bits per heavy atom. The summed E-state index contributed by atoms with van der Waals surface area (Å²) in [5, 5.41) is 16.0. The van der Waals surface area contributed by atoms with Gasteiger partial charge >= 0.3 is 0 Å². The van der Waals surface area contributed by atoms with Gasteiger partial charge in [0.1, 0.15) is 5.82 Å². The maximum absolute atomic E-state index is 10.7. The van der Waals surface area contributed by atoms with Gasteiger partial charge in [-0.05, 0) is 38.1 Å². The molecule has 0 aliphatic carbocycles. The van der Waals surface area contributed by atoms with E-state index in [1.54, 1.807) is 17.1 Å². The van der Waals surface area contributed by atoms with Crippen molar-refractivity contribution >= 4 is 16.9 Å². The SMILES string of the molecule is Cn1ncc2c(N3C[C@H](O)[C@@H](N4CCCC4)C3)nc(-c3cccnc3)nc21. The fourth-order valence-corrected chi connectivity index (χ4v) is 4.25. The van der Waals surface area contributed by atoms with Crippen LogP contribution in [0.15, 0.2) is 30.7 Å². The van der Waals surface area contributed by atoms with Crippen LogP contribution >= 0.6 is 0 Å². The molecule has 2 aliphatic rings. The van der Waals surface area contributed by atoms with E-state index in [1.165, 1.54) is 12.8 Å². The van der Waals surface area contributed by atoms with Gasteiger partial charge in [0, 0.05) is 38.1 Å². The number of aliphatic hydroxyl groups is 1. The highest BCUT2D eigenvalue weighted by atomic mass is 16.3. The van der Waals surface area contributed by atoms with Crippen molar-refractivity contribution in [1.29, 1.82) is 0 Å². The van der Waals surface area contributed by atoms with Gasteiger partial charge in [-0.25, -0.2) is 9.97 Å². The lowest BCUT2D eigenvalue weighted by molar-refractivity contribution is 0.0986. The molecule has 0 aromatic carbocycles. The monoisotopic (exact) mass is 365 g/mol. The number of aromatic nitrogens is 5. The van der Waals surface area contributed by atoms with Crippen molar-refractivity contribution in [3.63, 3.8) is 0 Å². The highest BCUT2D eigenvalue weighted by Crippen LogP contribution is 2.31. The van der Waals surface area contributed by atoms with Gasteiger partial charge in [-0.2, -0.15) is 5.10 Å². The summed E-state index contributed by atoms with van der Waals surface area (Å²) < 4.78 is 1.77. The summed E-state index contributed by atoms with van der Waals surface area (Å²) in [6, 6.07) is 4.01. The number of β-amino-alcohol motifs (C(OH)–C–C–N with tert-alkyl or cyclic N) is 1. The summed E-state index contributed by atoms with van der Waals surface area (Å²) in [6.07, 6.45) is 7.39. The fourth-order valence-electron chi connectivity index (χ4n) is 4.25. The van der Waals surface area contributed by atoms with E-state index in [-0.39, 0.29) is 12.1 Å². The normalized spacial score (nSPS) is 23.6. The van der Waals surface area contributed by atoms with E-state index in [4.69, 9.17) is 9.97 Å². The molecule has 3 aromatic heterocycles. The third-order valence-electron chi connectivity index (χ3n) is 5.66. The van der Waals surface area contributed by atoms with E-state index in [0.717, 1.165) is 42.0 Å². The molecule has 0 spiro atoms. The smallest absolute Gasteiger partial charge is 0.165 e. The van der Waals surface area contributed by atoms with Crippen molar-refractivity contribution in [2.45, 2.75) is 25.0 Å². The molecule has 0 saturated carbocycles. The zero-order valence-electron chi connectivity index (χ0n) is 15.4. The van der Waals surface area contributed by atoms with Crippen molar-refractivity contribution in [2.24, 2.45) is 7.05 Å². The van der Waals surface area contributed by atoms with Crippen LogP contribution in [-0.4, -0.2) is 73.1 Å². The maximum atomic E-state index is 10.7. The lowest BCUT2D eigenvalue weighted by Crippen LogP contribution is -2.41. The maximum Gasteiger partial charge on any atom is 0.165 e. The highest BCUT2D eigenvalue weighted by molar-refractivity contribution is 5.88. The molecule has 1 N–H and O–H groups in total. The average molecular weight is 365 g/mol. The van der Waals surface area contributed by atoms with Crippen LogP contribution in [0.1, 0.15) is 12.8 Å². The Labute approximate surface area is 157 Å². The Hall–Kier alpha value is -2.58. The first kappa shape index (κ1) is 16.6. The van der Waals surface area contributed by atoms with Gasteiger partial charge in [0.25, 0.3) is 0 Å². The number of nitrogens with zero attached hydrogens (tertiary/aromatic N) is 7. The van der Waals surface area contributed by atoms with Crippen LogP contribution in [0.25, 0.3) is 22.4 Å². The third-order valence-corrected chi connectivity index (χ3v) is 5.66. The molecular weight excluding hydrogens is 342 g/mol. The van der Waals surface area contributed by atoms with Gasteiger partial charge < -0.3 is 10.0 Å². The predicted molar refractivity (Wildman–Crippen MR) is 102 cm³/mol. The highest BCUT2D eigenvalue weighted by Gasteiger charge is 2.38. The molecule has 0 unspecified atom stereocenters. The number of fused-ring (bicyclic) bond motifs is 1. The van der Waals surface area contributed by atoms with Gasteiger partial charge in [-0.15, -0.1) is 0 Å². The second-order valence-electron chi connectivity index (χ2n) is 7.40. The van der Waals surface area contributed by atoms with Crippen LogP contribution in [0.5, 0.6) is 0 Å². The molecule has 8 nitrogen and oxygen atoms in total. The number of pyridine rings is 1. The van der Waals surface area contributed by atoms with E-state index in [1.807, 2.05) is 25.4 Å². The second kappa shape index (κ2) is 6.54. The lowest BCUT2D eigenvalue weighted by atomic mass is 10.2. The fraction of sp³-hybridized carbons (Fsp3) is 0.474. The van der Waals surface area contributed by atoms with Crippen LogP contribution in [0, 0.1) is 0 Å². The Balaban J connectivity index is 1.56. The number of aryl methyl sites for hydroxylation is 1. The van der Waals surface area contributed by atoms with Crippen LogP contribution in [0.2, 0.25) is 0 Å². The summed E-state index contributed by atoms with van der Waals surface area (Å²) in [5.41, 5.74) is 1.66. The van der Waals surface area contributed by atoms with E-state index >= 15 is 0 Å². The van der Waals surface area contributed by atoms with Gasteiger partial charge in [0.15, 0.2) is 11.5 Å². The van der Waals surface area contributed by atoms with Crippen molar-refractivity contribution in [1.82, 2.24) is 29.6 Å².